The minimum Gasteiger partial charge on any atom is -0.396 e. The van der Waals surface area contributed by atoms with E-state index in [0.717, 1.165) is 0 Å². The number of rotatable bonds is 6. The van der Waals surface area contributed by atoms with E-state index in [9.17, 15) is 15.3 Å². The molecule has 2 heterocycles. The first kappa shape index (κ1) is 19.1. The third kappa shape index (κ3) is 4.03. The molecule has 0 radical (unpaired) electrons. The van der Waals surface area contributed by atoms with Gasteiger partial charge in [0.15, 0.2) is 6.29 Å². The molecule has 0 amide bonds. The first-order valence-electron chi connectivity index (χ1n) is 6.95. The van der Waals surface area contributed by atoms with Crippen molar-refractivity contribution in [3.05, 3.63) is 0 Å². The maximum atomic E-state index is 10.3. The molecular formula is C12H23O7PS2. The zero-order valence-corrected chi connectivity index (χ0v) is 15.3. The van der Waals surface area contributed by atoms with Crippen molar-refractivity contribution in [2.75, 3.05) is 26.9 Å². The number of methoxy groups -OCH3 is 1. The lowest BCUT2D eigenvalue weighted by Gasteiger charge is -2.38. The summed E-state index contributed by atoms with van der Waals surface area (Å²) in [5.74, 6) is 0. The number of aliphatic hydroxyl groups excluding tert-OH is 3. The van der Waals surface area contributed by atoms with E-state index in [0.29, 0.717) is 0 Å². The van der Waals surface area contributed by atoms with Crippen molar-refractivity contribution in [2.45, 2.75) is 43.7 Å². The van der Waals surface area contributed by atoms with Gasteiger partial charge in [-0.05, 0) is 11.8 Å². The van der Waals surface area contributed by atoms with Gasteiger partial charge in [0.2, 0.25) is 5.69 Å². The Kier molecular flexibility index (Phi) is 6.33. The van der Waals surface area contributed by atoms with Crippen molar-refractivity contribution in [3.63, 3.8) is 0 Å². The van der Waals surface area contributed by atoms with Crippen molar-refractivity contribution < 1.29 is 33.8 Å². The minimum absolute atomic E-state index is 0.0289. The standard InChI is InChI=1S/C12H23O7PS2/c1-12(2,5-14)6-17-20(21)19-9-8(15)7(4-13)18-11(16-3)10(9)22-20/h7-11,13-15H,4-6H2,1-3H3/t7-,8-,9-,10+,11+,20-/m1/s1. The molecule has 0 bridgehead atoms. The van der Waals surface area contributed by atoms with E-state index in [4.69, 9.17) is 30.3 Å². The highest BCUT2D eigenvalue weighted by Gasteiger charge is 2.55. The number of hydrogen-bond acceptors (Lipinski definition) is 9. The number of hydrogen-bond donors (Lipinski definition) is 3. The molecule has 130 valence electrons. The van der Waals surface area contributed by atoms with Crippen LogP contribution in [-0.4, -0.2) is 72.1 Å². The van der Waals surface area contributed by atoms with E-state index in [1.165, 1.54) is 18.5 Å². The summed E-state index contributed by atoms with van der Waals surface area (Å²) >= 11 is 6.79. The molecule has 6 atom stereocenters. The van der Waals surface area contributed by atoms with Gasteiger partial charge in [-0.1, -0.05) is 25.2 Å². The molecule has 0 saturated carbocycles. The molecule has 2 fully saturated rings. The summed E-state index contributed by atoms with van der Waals surface area (Å²) < 4.78 is 22.4. The van der Waals surface area contributed by atoms with Gasteiger partial charge in [0.1, 0.15) is 18.3 Å². The van der Waals surface area contributed by atoms with Crippen LogP contribution in [-0.2, 0) is 30.3 Å². The highest BCUT2D eigenvalue weighted by atomic mass is 32.9. The maximum absolute atomic E-state index is 10.3. The van der Waals surface area contributed by atoms with E-state index < -0.39 is 35.7 Å². The molecule has 0 unspecified atom stereocenters. The lowest BCUT2D eigenvalue weighted by Crippen LogP contribution is -2.56. The van der Waals surface area contributed by atoms with Crippen LogP contribution < -0.4 is 0 Å². The summed E-state index contributed by atoms with van der Waals surface area (Å²) in [6.45, 7) is 3.61. The van der Waals surface area contributed by atoms with E-state index in [-0.39, 0.29) is 25.1 Å². The fraction of sp³-hybridized carbons (Fsp3) is 1.00. The van der Waals surface area contributed by atoms with Crippen LogP contribution in [0.2, 0.25) is 0 Å². The van der Waals surface area contributed by atoms with Gasteiger partial charge in [0.25, 0.3) is 0 Å². The SMILES string of the molecule is CO[C@H]1O[C@H](CO)[C@@H](O)[C@H]2O[P@@](=S)(OCC(C)(C)CO)S[C@H]12. The van der Waals surface area contributed by atoms with Gasteiger partial charge in [-0.25, -0.2) is 0 Å². The van der Waals surface area contributed by atoms with Crippen LogP contribution in [0, 0.1) is 5.41 Å². The first-order valence-corrected chi connectivity index (χ1v) is 11.1. The topological polar surface area (TPSA) is 97.6 Å². The lowest BCUT2D eigenvalue weighted by atomic mass is 9.97. The Bertz CT molecular complexity index is 436. The molecule has 22 heavy (non-hydrogen) atoms. The maximum Gasteiger partial charge on any atom is 0.248 e. The smallest absolute Gasteiger partial charge is 0.248 e. The van der Waals surface area contributed by atoms with Crippen molar-refractivity contribution in [3.8, 4) is 0 Å². The van der Waals surface area contributed by atoms with Crippen molar-refractivity contribution >= 4 is 28.9 Å². The Morgan fingerprint density at radius 3 is 2.59 bits per heavy atom. The molecule has 0 aromatic heterocycles. The van der Waals surface area contributed by atoms with Crippen molar-refractivity contribution in [1.29, 1.82) is 0 Å². The number of ether oxygens (including phenoxy) is 2. The summed E-state index contributed by atoms with van der Waals surface area (Å²) in [6, 6.07) is 0. The zero-order chi connectivity index (χ0) is 16.5. The Morgan fingerprint density at radius 2 is 2.05 bits per heavy atom. The molecule has 2 aliphatic rings. The zero-order valence-electron chi connectivity index (χ0n) is 12.7. The number of fused-ring (bicyclic) bond motifs is 1. The molecule has 0 aliphatic carbocycles. The third-order valence-corrected chi connectivity index (χ3v) is 8.94. The predicted octanol–water partition coefficient (Wildman–Crippen LogP) is 0.471. The second-order valence-electron chi connectivity index (χ2n) is 6.13. The minimum atomic E-state index is -2.67. The van der Waals surface area contributed by atoms with Gasteiger partial charge in [0, 0.05) is 12.5 Å². The summed E-state index contributed by atoms with van der Waals surface area (Å²) in [6.07, 6.45) is -3.01. The number of aliphatic hydroxyl groups is 3. The average Bonchev–Trinajstić information content (AvgIpc) is 2.85. The van der Waals surface area contributed by atoms with E-state index in [2.05, 4.69) is 0 Å². The molecule has 2 aliphatic heterocycles. The summed E-state index contributed by atoms with van der Waals surface area (Å²) in [5.41, 5.74) is -3.10. The van der Waals surface area contributed by atoms with Crippen LogP contribution in [0.1, 0.15) is 13.8 Å². The molecular weight excluding hydrogens is 351 g/mol. The highest BCUT2D eigenvalue weighted by molar-refractivity contribution is 8.68. The van der Waals surface area contributed by atoms with Crippen LogP contribution in [0.5, 0.6) is 0 Å². The fourth-order valence-electron chi connectivity index (χ4n) is 2.15. The normalized spacial score (nSPS) is 42.4. The Hall–Kier alpha value is 0.720. The second-order valence-corrected chi connectivity index (χ2v) is 12.5. The molecule has 2 saturated heterocycles. The monoisotopic (exact) mass is 374 g/mol. The Morgan fingerprint density at radius 1 is 1.36 bits per heavy atom. The highest BCUT2D eigenvalue weighted by Crippen LogP contribution is 2.71. The second kappa shape index (κ2) is 7.31. The summed E-state index contributed by atoms with van der Waals surface area (Å²) in [5, 5.41) is 28.5. The van der Waals surface area contributed by atoms with Crippen molar-refractivity contribution in [2.24, 2.45) is 5.41 Å². The largest absolute Gasteiger partial charge is 0.396 e. The van der Waals surface area contributed by atoms with Crippen LogP contribution in [0.3, 0.4) is 0 Å². The molecule has 0 aromatic carbocycles. The molecule has 3 N–H and O–H groups in total. The third-order valence-electron chi connectivity index (χ3n) is 3.57. The summed E-state index contributed by atoms with van der Waals surface area (Å²) in [4.78, 5) is 0. The van der Waals surface area contributed by atoms with Crippen LogP contribution in [0.15, 0.2) is 0 Å². The van der Waals surface area contributed by atoms with E-state index >= 15 is 0 Å². The van der Waals surface area contributed by atoms with E-state index in [1.54, 1.807) is 0 Å². The quantitative estimate of drug-likeness (QED) is 0.573. The van der Waals surface area contributed by atoms with Crippen LogP contribution in [0.25, 0.3) is 0 Å². The molecule has 0 aromatic rings. The van der Waals surface area contributed by atoms with Gasteiger partial charge in [-0.3, -0.25) is 0 Å². The first-order chi connectivity index (χ1) is 10.2. The van der Waals surface area contributed by atoms with Crippen molar-refractivity contribution in [1.82, 2.24) is 0 Å². The Labute approximate surface area is 139 Å². The van der Waals surface area contributed by atoms with Crippen LogP contribution in [0.4, 0.5) is 0 Å². The van der Waals surface area contributed by atoms with Gasteiger partial charge >= 0.3 is 0 Å². The van der Waals surface area contributed by atoms with Crippen LogP contribution >= 0.6 is 17.1 Å². The average molecular weight is 374 g/mol. The summed E-state index contributed by atoms with van der Waals surface area (Å²) in [7, 11) is 1.49. The molecule has 10 heteroatoms. The fourth-order valence-corrected chi connectivity index (χ4v) is 8.06. The lowest BCUT2D eigenvalue weighted by molar-refractivity contribution is -0.238. The van der Waals surface area contributed by atoms with Gasteiger partial charge in [-0.15, -0.1) is 0 Å². The Balaban J connectivity index is 2.09. The van der Waals surface area contributed by atoms with E-state index in [1.807, 2.05) is 13.8 Å². The molecule has 0 spiro atoms. The predicted molar refractivity (Wildman–Crippen MR) is 86.1 cm³/mol. The molecule has 2 rings (SSSR count). The van der Waals surface area contributed by atoms with Gasteiger partial charge in [-0.2, -0.15) is 0 Å². The van der Waals surface area contributed by atoms with Gasteiger partial charge in [0.05, 0.1) is 25.1 Å². The molecule has 7 nitrogen and oxygen atoms in total. The van der Waals surface area contributed by atoms with Gasteiger partial charge < -0.3 is 33.8 Å².